The molecule has 1 heteroatoms. The van der Waals surface area contributed by atoms with E-state index in [2.05, 4.69) is 0 Å². The van der Waals surface area contributed by atoms with Crippen molar-refractivity contribution in [2.45, 2.75) is 33.6 Å². The predicted molar refractivity (Wildman–Crippen MR) is 48.5 cm³/mol. The highest BCUT2D eigenvalue weighted by Crippen LogP contribution is 2.05. The fourth-order valence-corrected chi connectivity index (χ4v) is 0.571. The van der Waals surface area contributed by atoms with Crippen LogP contribution < -0.4 is 0 Å². The molecule has 62 valence electrons. The molecular weight excluding hydrogens is 136 g/mol. The zero-order valence-corrected chi connectivity index (χ0v) is 7.05. The molecule has 11 heavy (non-hydrogen) atoms. The summed E-state index contributed by atoms with van der Waals surface area (Å²) >= 11 is 0. The van der Waals surface area contributed by atoms with Crippen LogP contribution in [0.1, 0.15) is 37.7 Å². The van der Waals surface area contributed by atoms with Crippen molar-refractivity contribution < 1.29 is 8.91 Å². The summed E-state index contributed by atoms with van der Waals surface area (Å²) in [6.07, 6.45) is 2.10. The van der Waals surface area contributed by atoms with Crippen LogP contribution in [0, 0.1) is 0 Å². The van der Waals surface area contributed by atoms with Gasteiger partial charge in [0, 0.05) is 2.74 Å². The van der Waals surface area contributed by atoms with Gasteiger partial charge in [-0.25, -0.2) is 0 Å². The number of hydrogen-bond acceptors (Lipinski definition) is 1. The molecule has 0 aliphatic carbocycles. The third-order valence-electron chi connectivity index (χ3n) is 1.13. The average molecular weight is 155 g/mol. The second-order valence-electron chi connectivity index (χ2n) is 2.51. The third-order valence-corrected chi connectivity index (χ3v) is 1.13. The second kappa shape index (κ2) is 5.90. The van der Waals surface area contributed by atoms with E-state index in [-0.39, 0.29) is 18.5 Å². The standard InChI is InChI=1S/C10H16O/c1-9(2)5-4-6-10(3)7-8-11/h5,7-8H,4,6H2,1-3H3/b10-7+/i3D,6D,7D. The van der Waals surface area contributed by atoms with E-state index in [1.807, 2.05) is 19.9 Å². The van der Waals surface area contributed by atoms with Gasteiger partial charge < -0.3 is 0 Å². The predicted octanol–water partition coefficient (Wildman–Crippen LogP) is 2.88. The van der Waals surface area contributed by atoms with Gasteiger partial charge in [0.15, 0.2) is 0 Å². The molecule has 0 aromatic heterocycles. The molecule has 0 heterocycles. The Balaban J connectivity index is 4.56. The molecule has 0 saturated heterocycles. The van der Waals surface area contributed by atoms with Gasteiger partial charge in [-0.3, -0.25) is 4.79 Å². The van der Waals surface area contributed by atoms with Crippen LogP contribution >= 0.6 is 0 Å². The molecule has 0 aromatic carbocycles. The Morgan fingerprint density at radius 1 is 1.73 bits per heavy atom. The molecule has 0 aromatic rings. The van der Waals surface area contributed by atoms with Crippen LogP contribution in [0.5, 0.6) is 0 Å². The van der Waals surface area contributed by atoms with Crippen molar-refractivity contribution in [1.29, 1.82) is 0 Å². The molecule has 1 unspecified atom stereocenters. The maximum atomic E-state index is 10.3. The Labute approximate surface area is 73.0 Å². The Hall–Kier alpha value is -0.850. The van der Waals surface area contributed by atoms with Gasteiger partial charge in [0.25, 0.3) is 0 Å². The Morgan fingerprint density at radius 3 is 2.91 bits per heavy atom. The van der Waals surface area contributed by atoms with Gasteiger partial charge >= 0.3 is 0 Å². The maximum absolute atomic E-state index is 10.3. The first-order valence-corrected chi connectivity index (χ1v) is 3.52. The van der Waals surface area contributed by atoms with Gasteiger partial charge in [-0.05, 0) is 39.6 Å². The van der Waals surface area contributed by atoms with Crippen LogP contribution in [0.25, 0.3) is 0 Å². The summed E-state index contributed by atoms with van der Waals surface area (Å²) in [6.45, 7) is 3.71. The smallest absolute Gasteiger partial charge is 0.142 e. The Kier molecular flexibility index (Phi) is 3.09. The number of rotatable bonds is 4. The van der Waals surface area contributed by atoms with E-state index < -0.39 is 6.40 Å². The zero-order valence-electron chi connectivity index (χ0n) is 10.1. The lowest BCUT2D eigenvalue weighted by atomic mass is 10.1. The van der Waals surface area contributed by atoms with E-state index in [4.69, 9.17) is 4.11 Å². The summed E-state index contributed by atoms with van der Waals surface area (Å²) in [4.78, 5) is 10.3. The summed E-state index contributed by atoms with van der Waals surface area (Å²) < 4.78 is 22.0. The summed E-state index contributed by atoms with van der Waals surface area (Å²) in [5, 5.41) is 0. The Morgan fingerprint density at radius 2 is 2.45 bits per heavy atom. The van der Waals surface area contributed by atoms with E-state index >= 15 is 0 Å². The molecule has 0 fully saturated rings. The van der Waals surface area contributed by atoms with Crippen molar-refractivity contribution in [2.24, 2.45) is 0 Å². The van der Waals surface area contributed by atoms with Crippen molar-refractivity contribution >= 4 is 6.29 Å². The van der Waals surface area contributed by atoms with Gasteiger partial charge in [0.05, 0.1) is 1.37 Å². The highest BCUT2D eigenvalue weighted by molar-refractivity contribution is 5.65. The monoisotopic (exact) mass is 155 g/mol. The van der Waals surface area contributed by atoms with E-state index in [9.17, 15) is 4.79 Å². The van der Waals surface area contributed by atoms with Crippen molar-refractivity contribution in [2.75, 3.05) is 0 Å². The van der Waals surface area contributed by atoms with E-state index in [1.165, 1.54) is 0 Å². The quantitative estimate of drug-likeness (QED) is 0.346. The van der Waals surface area contributed by atoms with Crippen LogP contribution in [0.15, 0.2) is 23.3 Å². The zero-order chi connectivity index (χ0) is 11.1. The van der Waals surface area contributed by atoms with Crippen LogP contribution in [0.2, 0.25) is 0 Å². The van der Waals surface area contributed by atoms with Gasteiger partial charge in [0.1, 0.15) is 6.29 Å². The number of carbonyl (C=O) groups is 1. The number of aldehydes is 1. The SMILES string of the molecule is [2H]C/C(=C(/[2H])C=O)C([2H])CC=C(C)C. The first-order valence-electron chi connectivity index (χ1n) is 5.31. The Bertz CT molecular complexity index is 252. The summed E-state index contributed by atoms with van der Waals surface area (Å²) in [7, 11) is 0. The fraction of sp³-hybridized carbons (Fsp3) is 0.500. The molecule has 1 nitrogen and oxygen atoms in total. The number of carbonyl (C=O) groups excluding carboxylic acids is 1. The normalized spacial score (nSPS) is 18.5. The molecule has 1 atom stereocenters. The molecule has 0 bridgehead atoms. The molecule has 0 amide bonds. The third kappa shape index (κ3) is 7.04. The van der Waals surface area contributed by atoms with Gasteiger partial charge in [0.2, 0.25) is 0 Å². The van der Waals surface area contributed by atoms with Crippen LogP contribution in [0.3, 0.4) is 0 Å². The van der Waals surface area contributed by atoms with E-state index in [0.29, 0.717) is 12.7 Å². The van der Waals surface area contributed by atoms with Crippen molar-refractivity contribution in [3.8, 4) is 0 Å². The lowest BCUT2D eigenvalue weighted by molar-refractivity contribution is -0.104. The maximum Gasteiger partial charge on any atom is 0.142 e. The minimum atomic E-state index is -0.639. The number of allylic oxidation sites excluding steroid dienone is 4. The summed E-state index contributed by atoms with van der Waals surface area (Å²) in [5.41, 5.74) is 1.39. The summed E-state index contributed by atoms with van der Waals surface area (Å²) in [6, 6.07) is -0.220. The minimum absolute atomic E-state index is 0.150. The van der Waals surface area contributed by atoms with Crippen LogP contribution in [-0.2, 0) is 4.79 Å². The molecule has 0 radical (unpaired) electrons. The lowest BCUT2D eigenvalue weighted by Crippen LogP contribution is -1.77. The van der Waals surface area contributed by atoms with Gasteiger partial charge in [-0.2, -0.15) is 0 Å². The van der Waals surface area contributed by atoms with Crippen molar-refractivity contribution in [3.63, 3.8) is 0 Å². The topological polar surface area (TPSA) is 17.1 Å². The molecular formula is C10H16O. The highest BCUT2D eigenvalue weighted by atomic mass is 16.1. The molecule has 0 spiro atoms. The van der Waals surface area contributed by atoms with Gasteiger partial charge in [-0.15, -0.1) is 0 Å². The minimum Gasteiger partial charge on any atom is -0.299 e. The summed E-state index contributed by atoms with van der Waals surface area (Å²) in [5.74, 6) is 0. The van der Waals surface area contributed by atoms with Crippen molar-refractivity contribution in [3.05, 3.63) is 23.3 Å². The molecule has 0 aliphatic rings. The van der Waals surface area contributed by atoms with Crippen molar-refractivity contribution in [1.82, 2.24) is 0 Å². The highest BCUT2D eigenvalue weighted by Gasteiger charge is 1.86. The first-order chi connectivity index (χ1) is 6.52. The lowest BCUT2D eigenvalue weighted by Gasteiger charge is -1.94. The number of hydrogen-bond donors (Lipinski definition) is 0. The van der Waals surface area contributed by atoms with Crippen LogP contribution in [0.4, 0.5) is 0 Å². The first kappa shape index (κ1) is 5.76. The molecule has 0 rings (SSSR count). The van der Waals surface area contributed by atoms with Crippen LogP contribution in [-0.4, -0.2) is 6.29 Å². The fourth-order valence-electron chi connectivity index (χ4n) is 0.571. The second-order valence-corrected chi connectivity index (χ2v) is 2.51. The van der Waals surface area contributed by atoms with E-state index in [0.717, 1.165) is 5.57 Å². The average Bonchev–Trinajstić information content (AvgIpc) is 2.15. The molecule has 0 aliphatic heterocycles. The molecule has 0 N–H and O–H groups in total. The largest absolute Gasteiger partial charge is 0.299 e. The molecule has 0 saturated carbocycles. The van der Waals surface area contributed by atoms with Gasteiger partial charge in [-0.1, -0.05) is 17.2 Å². The van der Waals surface area contributed by atoms with E-state index in [1.54, 1.807) is 0 Å².